The standard InChI is InChI=1S/C21H19NO2/c1-17(18-11-5-2-6-12-18)22-21(24-23,19-13-7-3-8-14-19)20-15-9-4-10-16-20/h2-16,23H,1H3/p-1/b22-17+. The van der Waals surface area contributed by atoms with E-state index < -0.39 is 5.72 Å². The third kappa shape index (κ3) is 3.13. The first kappa shape index (κ1) is 16.1. The first-order valence-corrected chi connectivity index (χ1v) is 7.80. The molecular weight excluding hydrogens is 298 g/mol. The van der Waals surface area contributed by atoms with Crippen LogP contribution in [0.25, 0.3) is 0 Å². The van der Waals surface area contributed by atoms with Crippen LogP contribution in [0.2, 0.25) is 0 Å². The van der Waals surface area contributed by atoms with Gasteiger partial charge >= 0.3 is 0 Å². The molecule has 0 saturated carbocycles. The predicted molar refractivity (Wildman–Crippen MR) is 93.4 cm³/mol. The number of benzene rings is 3. The van der Waals surface area contributed by atoms with Crippen molar-refractivity contribution in [2.75, 3.05) is 0 Å². The Morgan fingerprint density at radius 1 is 0.750 bits per heavy atom. The molecule has 0 heterocycles. The second-order valence-electron chi connectivity index (χ2n) is 5.52. The molecule has 24 heavy (non-hydrogen) atoms. The third-order valence-electron chi connectivity index (χ3n) is 3.97. The van der Waals surface area contributed by atoms with Crippen LogP contribution in [0.4, 0.5) is 0 Å². The van der Waals surface area contributed by atoms with Gasteiger partial charge in [0.25, 0.3) is 0 Å². The lowest BCUT2D eigenvalue weighted by molar-refractivity contribution is -0.717. The summed E-state index contributed by atoms with van der Waals surface area (Å²) in [6.45, 7) is 1.88. The number of hydrogen-bond acceptors (Lipinski definition) is 3. The zero-order valence-electron chi connectivity index (χ0n) is 13.4. The molecule has 0 aliphatic heterocycles. The number of hydrogen-bond donors (Lipinski definition) is 0. The van der Waals surface area contributed by atoms with Crippen molar-refractivity contribution in [2.24, 2.45) is 4.99 Å². The van der Waals surface area contributed by atoms with Crippen LogP contribution in [0.3, 0.4) is 0 Å². The zero-order chi connectivity index (χ0) is 16.8. The molecule has 0 spiro atoms. The maximum atomic E-state index is 11.9. The number of rotatable bonds is 5. The van der Waals surface area contributed by atoms with Crippen molar-refractivity contribution in [3.8, 4) is 0 Å². The van der Waals surface area contributed by atoms with Crippen LogP contribution in [0.15, 0.2) is 96.0 Å². The highest BCUT2D eigenvalue weighted by Gasteiger charge is 2.32. The van der Waals surface area contributed by atoms with Gasteiger partial charge < -0.3 is 10.1 Å². The Morgan fingerprint density at radius 3 is 1.58 bits per heavy atom. The minimum atomic E-state index is -1.41. The van der Waals surface area contributed by atoms with Gasteiger partial charge in [0, 0.05) is 16.8 Å². The van der Waals surface area contributed by atoms with Crippen molar-refractivity contribution in [1.82, 2.24) is 0 Å². The highest BCUT2D eigenvalue weighted by molar-refractivity contribution is 5.99. The van der Waals surface area contributed by atoms with E-state index in [2.05, 4.69) is 0 Å². The summed E-state index contributed by atoms with van der Waals surface area (Å²) < 4.78 is 0. The van der Waals surface area contributed by atoms with E-state index in [0.717, 1.165) is 11.3 Å². The van der Waals surface area contributed by atoms with Gasteiger partial charge in [0.15, 0.2) is 0 Å². The minimum absolute atomic E-state index is 0.696. The molecule has 0 aliphatic carbocycles. The summed E-state index contributed by atoms with van der Waals surface area (Å²) in [5.74, 6) is 0. The lowest BCUT2D eigenvalue weighted by Gasteiger charge is -2.35. The molecule has 3 heteroatoms. The lowest BCUT2D eigenvalue weighted by atomic mass is 9.94. The normalized spacial score (nSPS) is 12.2. The van der Waals surface area contributed by atoms with E-state index in [-0.39, 0.29) is 0 Å². The average Bonchev–Trinajstić information content (AvgIpc) is 2.68. The van der Waals surface area contributed by atoms with E-state index in [1.165, 1.54) is 0 Å². The topological polar surface area (TPSA) is 44.6 Å². The minimum Gasteiger partial charge on any atom is -0.721 e. The smallest absolute Gasteiger partial charge is 0.202 e. The molecule has 0 atom stereocenters. The van der Waals surface area contributed by atoms with Gasteiger partial charge in [0.05, 0.1) is 0 Å². The van der Waals surface area contributed by atoms with Crippen molar-refractivity contribution in [1.29, 1.82) is 0 Å². The van der Waals surface area contributed by atoms with E-state index in [1.807, 2.05) is 97.9 Å². The van der Waals surface area contributed by atoms with Crippen molar-refractivity contribution < 1.29 is 10.1 Å². The van der Waals surface area contributed by atoms with E-state index in [0.29, 0.717) is 11.1 Å². The van der Waals surface area contributed by atoms with E-state index in [1.54, 1.807) is 0 Å². The molecule has 3 nitrogen and oxygen atoms in total. The second kappa shape index (κ2) is 7.21. The molecule has 0 amide bonds. The van der Waals surface area contributed by atoms with Crippen molar-refractivity contribution in [3.63, 3.8) is 0 Å². The SMILES string of the molecule is C/C(=N\C(O[O-])(c1ccccc1)c1ccccc1)c1ccccc1. The highest BCUT2D eigenvalue weighted by atomic mass is 17.1. The Kier molecular flexibility index (Phi) is 4.85. The van der Waals surface area contributed by atoms with Crippen molar-refractivity contribution >= 4 is 5.71 Å². The van der Waals surface area contributed by atoms with Crippen LogP contribution in [0.1, 0.15) is 23.6 Å². The van der Waals surface area contributed by atoms with Crippen LogP contribution in [-0.2, 0) is 10.6 Å². The van der Waals surface area contributed by atoms with E-state index in [4.69, 9.17) is 9.88 Å². The van der Waals surface area contributed by atoms with E-state index >= 15 is 0 Å². The number of nitrogens with zero attached hydrogens (tertiary/aromatic N) is 1. The Morgan fingerprint density at radius 2 is 1.17 bits per heavy atom. The first-order valence-electron chi connectivity index (χ1n) is 7.80. The van der Waals surface area contributed by atoms with Crippen LogP contribution >= 0.6 is 0 Å². The van der Waals surface area contributed by atoms with Gasteiger partial charge in [-0.2, -0.15) is 0 Å². The Balaban J connectivity index is 2.19. The second-order valence-corrected chi connectivity index (χ2v) is 5.52. The first-order chi connectivity index (χ1) is 11.8. The summed E-state index contributed by atoms with van der Waals surface area (Å²) in [6.07, 6.45) is 0. The molecule has 120 valence electrons. The molecular formula is C21H18NO2-. The van der Waals surface area contributed by atoms with Gasteiger partial charge in [-0.1, -0.05) is 91.0 Å². The molecule has 0 aromatic heterocycles. The molecule has 0 bridgehead atoms. The Hall–Kier alpha value is -2.75. The summed E-state index contributed by atoms with van der Waals surface area (Å²) >= 11 is 0. The van der Waals surface area contributed by atoms with Crippen LogP contribution in [-0.4, -0.2) is 5.71 Å². The molecule has 3 aromatic rings. The fourth-order valence-corrected chi connectivity index (χ4v) is 2.72. The average molecular weight is 316 g/mol. The Bertz CT molecular complexity index is 760. The molecule has 0 saturated heterocycles. The van der Waals surface area contributed by atoms with Crippen molar-refractivity contribution in [2.45, 2.75) is 12.6 Å². The van der Waals surface area contributed by atoms with Crippen LogP contribution in [0.5, 0.6) is 0 Å². The predicted octanol–water partition coefficient (Wildman–Crippen LogP) is 3.69. The lowest BCUT2D eigenvalue weighted by Crippen LogP contribution is -2.35. The van der Waals surface area contributed by atoms with Crippen LogP contribution < -0.4 is 5.26 Å². The summed E-state index contributed by atoms with van der Waals surface area (Å²) in [6, 6.07) is 28.5. The highest BCUT2D eigenvalue weighted by Crippen LogP contribution is 2.34. The molecule has 3 rings (SSSR count). The Labute approximate surface area is 141 Å². The number of aliphatic imine (C=N–C) groups is 1. The van der Waals surface area contributed by atoms with Crippen LogP contribution in [0, 0.1) is 0 Å². The molecule has 0 aliphatic rings. The quantitative estimate of drug-likeness (QED) is 0.409. The third-order valence-corrected chi connectivity index (χ3v) is 3.97. The van der Waals surface area contributed by atoms with Gasteiger partial charge in [-0.3, -0.25) is 0 Å². The van der Waals surface area contributed by atoms with Gasteiger partial charge in [0.1, 0.15) is 0 Å². The van der Waals surface area contributed by atoms with E-state index in [9.17, 15) is 5.26 Å². The molecule has 0 fully saturated rings. The van der Waals surface area contributed by atoms with Gasteiger partial charge in [-0.15, -0.1) is 0 Å². The van der Waals surface area contributed by atoms with Gasteiger partial charge in [0.2, 0.25) is 5.72 Å². The molecule has 0 unspecified atom stereocenters. The summed E-state index contributed by atoms with van der Waals surface area (Å²) in [5.41, 5.74) is 1.66. The van der Waals surface area contributed by atoms with Gasteiger partial charge in [-0.25, -0.2) is 4.99 Å². The maximum Gasteiger partial charge on any atom is 0.202 e. The monoisotopic (exact) mass is 316 g/mol. The fourth-order valence-electron chi connectivity index (χ4n) is 2.72. The summed E-state index contributed by atoms with van der Waals surface area (Å²) in [5, 5.41) is 11.9. The van der Waals surface area contributed by atoms with Crippen molar-refractivity contribution in [3.05, 3.63) is 108 Å². The largest absolute Gasteiger partial charge is 0.721 e. The zero-order valence-corrected chi connectivity index (χ0v) is 13.4. The molecule has 3 aromatic carbocycles. The molecule has 0 N–H and O–H groups in total. The summed E-state index contributed by atoms with van der Waals surface area (Å²) in [4.78, 5) is 9.48. The summed E-state index contributed by atoms with van der Waals surface area (Å²) in [7, 11) is 0. The van der Waals surface area contributed by atoms with Gasteiger partial charge in [-0.05, 0) is 12.5 Å². The maximum absolute atomic E-state index is 11.9. The molecule has 0 radical (unpaired) electrons. The fraction of sp³-hybridized carbons (Fsp3) is 0.0952.